The second-order valence-electron chi connectivity index (χ2n) is 6.06. The van der Waals surface area contributed by atoms with Crippen molar-refractivity contribution in [3.63, 3.8) is 0 Å². The molecule has 140 valence electrons. The largest absolute Gasteiger partial charge is 0.336 e. The number of nitrogens with zero attached hydrogens (tertiary/aromatic N) is 2. The van der Waals surface area contributed by atoms with E-state index in [1.54, 1.807) is 18.4 Å². The summed E-state index contributed by atoms with van der Waals surface area (Å²) in [5, 5.41) is 7.66. The lowest BCUT2D eigenvalue weighted by Gasteiger charge is -2.17. The fourth-order valence-corrected chi connectivity index (χ4v) is 4.56. The molecule has 27 heavy (non-hydrogen) atoms. The van der Waals surface area contributed by atoms with Gasteiger partial charge in [0.05, 0.1) is 23.5 Å². The van der Waals surface area contributed by atoms with Gasteiger partial charge in [-0.2, -0.15) is 0 Å². The Hall–Kier alpha value is -2.03. The highest BCUT2D eigenvalue weighted by Crippen LogP contribution is 2.28. The maximum absolute atomic E-state index is 12.4. The van der Waals surface area contributed by atoms with Gasteiger partial charge < -0.3 is 10.2 Å². The summed E-state index contributed by atoms with van der Waals surface area (Å²) in [5.41, 5.74) is 2.42. The molecule has 2 amide bonds. The lowest BCUT2D eigenvalue weighted by molar-refractivity contribution is -0.132. The summed E-state index contributed by atoms with van der Waals surface area (Å²) >= 11 is 6.54. The summed E-state index contributed by atoms with van der Waals surface area (Å²) in [4.78, 5) is 31.7. The lowest BCUT2D eigenvalue weighted by Crippen LogP contribution is -2.36. The monoisotopic (exact) mass is 463 g/mol. The van der Waals surface area contributed by atoms with Gasteiger partial charge in [0, 0.05) is 22.6 Å². The topological polar surface area (TPSA) is 62.3 Å². The van der Waals surface area contributed by atoms with Crippen molar-refractivity contribution in [2.75, 3.05) is 18.9 Å². The Morgan fingerprint density at radius 3 is 2.78 bits per heavy atom. The van der Waals surface area contributed by atoms with Crippen LogP contribution in [0.4, 0.5) is 5.69 Å². The van der Waals surface area contributed by atoms with Crippen LogP contribution in [0.3, 0.4) is 0 Å². The Balaban J connectivity index is 1.55. The Morgan fingerprint density at radius 2 is 2.07 bits per heavy atom. The summed E-state index contributed by atoms with van der Waals surface area (Å²) in [7, 11) is 1.63. The van der Waals surface area contributed by atoms with Crippen LogP contribution >= 0.6 is 38.6 Å². The number of aromatic nitrogens is 1. The molecule has 0 saturated heterocycles. The van der Waals surface area contributed by atoms with E-state index < -0.39 is 0 Å². The Kier molecular flexibility index (Phi) is 6.41. The smallest absolute Gasteiger partial charge is 0.243 e. The summed E-state index contributed by atoms with van der Waals surface area (Å²) in [6, 6.07) is 9.62. The zero-order valence-corrected chi connectivity index (χ0v) is 18.1. The number of nitrogens with one attached hydrogen (secondary N) is 1. The van der Waals surface area contributed by atoms with Crippen LogP contribution in [0.1, 0.15) is 11.3 Å². The standard InChI is InChI=1S/C19H18BrN3O2S2/c1-12-8-13(20)5-6-15(12)22-17(24)10-23(2)18(25)9-14-11-27-19(21-14)16-4-3-7-26-16/h3-8,11H,9-10H2,1-2H3,(H,22,24). The minimum absolute atomic E-state index is 0.00371. The van der Waals surface area contributed by atoms with Gasteiger partial charge in [-0.05, 0) is 42.1 Å². The molecule has 0 spiro atoms. The fraction of sp³-hybridized carbons (Fsp3) is 0.211. The predicted octanol–water partition coefficient (Wildman–Crippen LogP) is 4.58. The molecule has 1 aromatic carbocycles. The lowest BCUT2D eigenvalue weighted by atomic mass is 10.2. The van der Waals surface area contributed by atoms with E-state index in [2.05, 4.69) is 26.2 Å². The van der Waals surface area contributed by atoms with Gasteiger partial charge in [-0.25, -0.2) is 4.98 Å². The number of benzene rings is 1. The average Bonchev–Trinajstić information content (AvgIpc) is 3.28. The molecule has 2 aromatic heterocycles. The molecule has 0 fully saturated rings. The molecule has 0 radical (unpaired) electrons. The number of rotatable bonds is 6. The number of carbonyl (C=O) groups excluding carboxylic acids is 2. The molecule has 5 nitrogen and oxygen atoms in total. The molecular weight excluding hydrogens is 446 g/mol. The van der Waals surface area contributed by atoms with Crippen molar-refractivity contribution in [2.45, 2.75) is 13.3 Å². The molecule has 3 rings (SSSR count). The number of carbonyl (C=O) groups is 2. The highest BCUT2D eigenvalue weighted by Gasteiger charge is 2.16. The van der Waals surface area contributed by atoms with Gasteiger partial charge in [-0.15, -0.1) is 22.7 Å². The van der Waals surface area contributed by atoms with E-state index in [0.717, 1.165) is 31.3 Å². The van der Waals surface area contributed by atoms with Crippen molar-refractivity contribution >= 4 is 56.1 Å². The van der Waals surface area contributed by atoms with Crippen LogP contribution in [0.25, 0.3) is 9.88 Å². The van der Waals surface area contributed by atoms with E-state index in [1.165, 1.54) is 16.2 Å². The molecular formula is C19H18BrN3O2S2. The second kappa shape index (κ2) is 8.77. The third-order valence-corrected chi connectivity index (χ3v) is 6.31. The van der Waals surface area contributed by atoms with E-state index in [9.17, 15) is 9.59 Å². The average molecular weight is 464 g/mol. The molecule has 0 saturated carbocycles. The summed E-state index contributed by atoms with van der Waals surface area (Å²) in [5.74, 6) is -0.366. The van der Waals surface area contributed by atoms with Crippen LogP contribution in [0.2, 0.25) is 0 Å². The number of aryl methyl sites for hydroxylation is 1. The maximum atomic E-state index is 12.4. The first-order valence-corrected chi connectivity index (χ1v) is 10.8. The Bertz CT molecular complexity index is 954. The molecule has 0 atom stereocenters. The SMILES string of the molecule is Cc1cc(Br)ccc1NC(=O)CN(C)C(=O)Cc1csc(-c2cccs2)n1. The zero-order valence-electron chi connectivity index (χ0n) is 14.9. The highest BCUT2D eigenvalue weighted by molar-refractivity contribution is 9.10. The number of hydrogen-bond donors (Lipinski definition) is 1. The van der Waals surface area contributed by atoms with Crippen LogP contribution in [-0.4, -0.2) is 35.3 Å². The van der Waals surface area contributed by atoms with Gasteiger partial charge in [0.25, 0.3) is 0 Å². The molecule has 0 aliphatic heterocycles. The second-order valence-corrected chi connectivity index (χ2v) is 8.78. The minimum Gasteiger partial charge on any atom is -0.336 e. The van der Waals surface area contributed by atoms with E-state index in [4.69, 9.17) is 0 Å². The summed E-state index contributed by atoms with van der Waals surface area (Å²) in [6.45, 7) is 1.92. The first-order valence-electron chi connectivity index (χ1n) is 8.20. The molecule has 0 unspecified atom stereocenters. The molecule has 3 aromatic rings. The number of likely N-dealkylation sites (N-methyl/N-ethyl adjacent to an activating group) is 1. The molecule has 2 heterocycles. The van der Waals surface area contributed by atoms with Crippen LogP contribution in [0.5, 0.6) is 0 Å². The molecule has 0 aliphatic rings. The van der Waals surface area contributed by atoms with Crippen LogP contribution in [0.15, 0.2) is 45.6 Å². The van der Waals surface area contributed by atoms with Gasteiger partial charge in [-0.3, -0.25) is 9.59 Å². The normalized spacial score (nSPS) is 10.6. The third-order valence-electron chi connectivity index (χ3n) is 3.89. The molecule has 8 heteroatoms. The number of amides is 2. The predicted molar refractivity (Wildman–Crippen MR) is 114 cm³/mol. The first-order chi connectivity index (χ1) is 12.9. The Morgan fingerprint density at radius 1 is 1.26 bits per heavy atom. The van der Waals surface area contributed by atoms with Crippen LogP contribution in [0, 0.1) is 6.92 Å². The third kappa shape index (κ3) is 5.24. The van der Waals surface area contributed by atoms with Crippen molar-refractivity contribution in [1.29, 1.82) is 0 Å². The molecule has 1 N–H and O–H groups in total. The summed E-state index contributed by atoms with van der Waals surface area (Å²) < 4.78 is 0.954. The van der Waals surface area contributed by atoms with E-state index in [-0.39, 0.29) is 24.8 Å². The maximum Gasteiger partial charge on any atom is 0.243 e. The van der Waals surface area contributed by atoms with Crippen LogP contribution in [-0.2, 0) is 16.0 Å². The van der Waals surface area contributed by atoms with Crippen LogP contribution < -0.4 is 5.32 Å². The number of thiazole rings is 1. The van der Waals surface area contributed by atoms with Gasteiger partial charge in [-0.1, -0.05) is 22.0 Å². The first kappa shape index (κ1) is 19.7. The molecule has 0 aliphatic carbocycles. The van der Waals surface area contributed by atoms with Gasteiger partial charge in [0.15, 0.2) is 0 Å². The van der Waals surface area contributed by atoms with Gasteiger partial charge >= 0.3 is 0 Å². The molecule has 0 bridgehead atoms. The van der Waals surface area contributed by atoms with Crippen molar-refractivity contribution in [3.8, 4) is 9.88 Å². The number of halogens is 1. The van der Waals surface area contributed by atoms with E-state index in [0.29, 0.717) is 0 Å². The van der Waals surface area contributed by atoms with Crippen molar-refractivity contribution in [2.24, 2.45) is 0 Å². The van der Waals surface area contributed by atoms with Gasteiger partial charge in [0.2, 0.25) is 11.8 Å². The van der Waals surface area contributed by atoms with Gasteiger partial charge in [0.1, 0.15) is 5.01 Å². The minimum atomic E-state index is -0.228. The van der Waals surface area contributed by atoms with Crippen molar-refractivity contribution in [3.05, 3.63) is 56.8 Å². The van der Waals surface area contributed by atoms with Crippen molar-refractivity contribution < 1.29 is 9.59 Å². The van der Waals surface area contributed by atoms with E-state index in [1.807, 2.05) is 48.0 Å². The van der Waals surface area contributed by atoms with E-state index >= 15 is 0 Å². The highest BCUT2D eigenvalue weighted by atomic mass is 79.9. The summed E-state index contributed by atoms with van der Waals surface area (Å²) in [6.07, 6.45) is 0.183. The number of anilines is 1. The van der Waals surface area contributed by atoms with Crippen molar-refractivity contribution in [1.82, 2.24) is 9.88 Å². The fourth-order valence-electron chi connectivity index (χ4n) is 2.45. The number of thiophene rings is 1. The number of hydrogen-bond acceptors (Lipinski definition) is 5. The Labute approximate surface area is 174 Å². The zero-order chi connectivity index (χ0) is 19.4. The quantitative estimate of drug-likeness (QED) is 0.581.